The molecule has 0 aliphatic carbocycles. The zero-order valence-corrected chi connectivity index (χ0v) is 11.7. The molecule has 6 heteroatoms. The molecule has 0 aromatic carbocycles. The number of H-pyrrole nitrogens is 1. The summed E-state index contributed by atoms with van der Waals surface area (Å²) in [6.45, 7) is 0. The molecule has 2 unspecified atom stereocenters. The van der Waals surface area contributed by atoms with Gasteiger partial charge in [0.2, 0.25) is 0 Å². The number of fused-ring (bicyclic) bond motifs is 2. The first-order valence-electron chi connectivity index (χ1n) is 6.79. The lowest BCUT2D eigenvalue weighted by Crippen LogP contribution is -2.52. The summed E-state index contributed by atoms with van der Waals surface area (Å²) in [5, 5.41) is 0.111. The molecule has 0 spiro atoms. The standard InChI is InChI=1S/C13H18ClN3O2/c1-16-8-3-2-4-9(16)6-10(5-8)17-12(18)7-11(14)15-13(17)19/h7-10H,2-6H2,1H3,(H,15,19). The fourth-order valence-electron chi connectivity index (χ4n) is 3.62. The van der Waals surface area contributed by atoms with Crippen molar-refractivity contribution in [2.24, 2.45) is 0 Å². The van der Waals surface area contributed by atoms with Crippen LogP contribution in [0.4, 0.5) is 0 Å². The van der Waals surface area contributed by atoms with Crippen molar-refractivity contribution in [3.63, 3.8) is 0 Å². The summed E-state index contributed by atoms with van der Waals surface area (Å²) in [7, 11) is 2.15. The van der Waals surface area contributed by atoms with Crippen molar-refractivity contribution in [3.8, 4) is 0 Å². The Morgan fingerprint density at radius 1 is 1.21 bits per heavy atom. The van der Waals surface area contributed by atoms with E-state index < -0.39 is 0 Å². The Hall–Kier alpha value is -1.07. The fraction of sp³-hybridized carbons (Fsp3) is 0.692. The molecule has 1 aromatic heterocycles. The summed E-state index contributed by atoms with van der Waals surface area (Å²) in [4.78, 5) is 28.9. The van der Waals surface area contributed by atoms with E-state index >= 15 is 0 Å². The maximum absolute atomic E-state index is 12.0. The first-order chi connectivity index (χ1) is 9.06. The van der Waals surface area contributed by atoms with Gasteiger partial charge in [-0.3, -0.25) is 14.3 Å². The molecule has 3 heterocycles. The number of hydrogen-bond donors (Lipinski definition) is 1. The number of aromatic nitrogens is 2. The third kappa shape index (κ3) is 2.25. The van der Waals surface area contributed by atoms with Gasteiger partial charge >= 0.3 is 5.69 Å². The molecule has 5 nitrogen and oxygen atoms in total. The highest BCUT2D eigenvalue weighted by Gasteiger charge is 2.37. The van der Waals surface area contributed by atoms with Crippen LogP contribution in [-0.2, 0) is 0 Å². The molecule has 2 saturated heterocycles. The van der Waals surface area contributed by atoms with E-state index in [0.717, 1.165) is 25.7 Å². The molecule has 2 aliphatic rings. The smallest absolute Gasteiger partial charge is 0.300 e. The summed E-state index contributed by atoms with van der Waals surface area (Å²) in [5.41, 5.74) is -0.675. The molecule has 104 valence electrons. The highest BCUT2D eigenvalue weighted by atomic mass is 35.5. The molecule has 2 fully saturated rings. The van der Waals surface area contributed by atoms with E-state index in [4.69, 9.17) is 11.6 Å². The number of aromatic amines is 1. The van der Waals surface area contributed by atoms with E-state index in [-0.39, 0.29) is 22.4 Å². The van der Waals surface area contributed by atoms with Crippen LogP contribution in [0, 0.1) is 0 Å². The van der Waals surface area contributed by atoms with Crippen molar-refractivity contribution in [3.05, 3.63) is 32.1 Å². The highest BCUT2D eigenvalue weighted by molar-refractivity contribution is 6.29. The molecule has 2 atom stereocenters. The maximum atomic E-state index is 12.0. The van der Waals surface area contributed by atoms with Crippen molar-refractivity contribution < 1.29 is 0 Å². The normalized spacial score (nSPS) is 31.4. The van der Waals surface area contributed by atoms with Crippen molar-refractivity contribution in [2.75, 3.05) is 7.05 Å². The van der Waals surface area contributed by atoms with Crippen LogP contribution >= 0.6 is 11.6 Å². The number of halogens is 1. The van der Waals surface area contributed by atoms with E-state index in [2.05, 4.69) is 16.9 Å². The number of rotatable bonds is 1. The molecule has 19 heavy (non-hydrogen) atoms. The lowest BCUT2D eigenvalue weighted by molar-refractivity contribution is 0.0380. The molecule has 0 saturated carbocycles. The summed E-state index contributed by atoms with van der Waals surface area (Å²) >= 11 is 5.70. The topological polar surface area (TPSA) is 58.1 Å². The Kier molecular flexibility index (Phi) is 3.27. The Labute approximate surface area is 116 Å². The zero-order chi connectivity index (χ0) is 13.6. The lowest BCUT2D eigenvalue weighted by atomic mass is 9.82. The Bertz CT molecular complexity index is 549. The second-order valence-electron chi connectivity index (χ2n) is 5.66. The van der Waals surface area contributed by atoms with Crippen LogP contribution in [0.15, 0.2) is 15.7 Å². The average molecular weight is 284 g/mol. The van der Waals surface area contributed by atoms with Gasteiger partial charge in [-0.25, -0.2) is 4.79 Å². The number of nitrogens with one attached hydrogen (secondary N) is 1. The Balaban J connectivity index is 1.96. The third-order valence-electron chi connectivity index (χ3n) is 4.61. The van der Waals surface area contributed by atoms with Crippen LogP contribution in [0.2, 0.25) is 5.15 Å². The predicted molar refractivity (Wildman–Crippen MR) is 73.8 cm³/mol. The third-order valence-corrected chi connectivity index (χ3v) is 4.82. The van der Waals surface area contributed by atoms with Crippen LogP contribution in [0.1, 0.15) is 38.1 Å². The van der Waals surface area contributed by atoms with Gasteiger partial charge in [0, 0.05) is 24.2 Å². The average Bonchev–Trinajstić information content (AvgIpc) is 2.28. The molecule has 1 aromatic rings. The summed E-state index contributed by atoms with van der Waals surface area (Å²) in [6, 6.07) is 2.26. The summed E-state index contributed by atoms with van der Waals surface area (Å²) in [6.07, 6.45) is 5.31. The first-order valence-corrected chi connectivity index (χ1v) is 7.17. The van der Waals surface area contributed by atoms with Gasteiger partial charge in [0.05, 0.1) is 0 Å². The van der Waals surface area contributed by atoms with Crippen LogP contribution < -0.4 is 11.2 Å². The Morgan fingerprint density at radius 3 is 2.42 bits per heavy atom. The zero-order valence-electron chi connectivity index (χ0n) is 10.9. The van der Waals surface area contributed by atoms with Crippen LogP contribution in [-0.4, -0.2) is 33.6 Å². The second-order valence-corrected chi connectivity index (χ2v) is 6.07. The summed E-state index contributed by atoms with van der Waals surface area (Å²) in [5.74, 6) is 0. The molecular formula is C13H18ClN3O2. The molecular weight excluding hydrogens is 266 g/mol. The van der Waals surface area contributed by atoms with Gasteiger partial charge in [0.1, 0.15) is 5.15 Å². The quantitative estimate of drug-likeness (QED) is 0.792. The van der Waals surface area contributed by atoms with Crippen molar-refractivity contribution in [2.45, 2.75) is 50.2 Å². The number of hydrogen-bond acceptors (Lipinski definition) is 3. The largest absolute Gasteiger partial charge is 0.329 e. The van der Waals surface area contributed by atoms with Crippen LogP contribution in [0.25, 0.3) is 0 Å². The van der Waals surface area contributed by atoms with Crippen molar-refractivity contribution in [1.29, 1.82) is 0 Å². The minimum atomic E-state index is -0.384. The monoisotopic (exact) mass is 283 g/mol. The van der Waals surface area contributed by atoms with Crippen molar-refractivity contribution in [1.82, 2.24) is 14.5 Å². The number of piperidine rings is 2. The molecule has 1 N–H and O–H groups in total. The van der Waals surface area contributed by atoms with Gasteiger partial charge in [-0.2, -0.15) is 0 Å². The Morgan fingerprint density at radius 2 is 1.84 bits per heavy atom. The van der Waals surface area contributed by atoms with Gasteiger partial charge in [0.15, 0.2) is 0 Å². The van der Waals surface area contributed by atoms with Crippen LogP contribution in [0.5, 0.6) is 0 Å². The maximum Gasteiger partial charge on any atom is 0.329 e. The highest BCUT2D eigenvalue weighted by Crippen LogP contribution is 2.37. The van der Waals surface area contributed by atoms with Gasteiger partial charge in [-0.05, 0) is 32.7 Å². The molecule has 0 amide bonds. The number of nitrogens with zero attached hydrogens (tertiary/aromatic N) is 2. The molecule has 2 aliphatic heterocycles. The van der Waals surface area contributed by atoms with Gasteiger partial charge in [-0.1, -0.05) is 18.0 Å². The van der Waals surface area contributed by atoms with E-state index in [0.29, 0.717) is 12.1 Å². The van der Waals surface area contributed by atoms with Crippen molar-refractivity contribution >= 4 is 11.6 Å². The van der Waals surface area contributed by atoms with E-state index in [9.17, 15) is 9.59 Å². The van der Waals surface area contributed by atoms with Gasteiger partial charge in [-0.15, -0.1) is 0 Å². The van der Waals surface area contributed by atoms with Gasteiger partial charge in [0.25, 0.3) is 5.56 Å². The summed E-state index contributed by atoms with van der Waals surface area (Å²) < 4.78 is 1.35. The van der Waals surface area contributed by atoms with E-state index in [1.165, 1.54) is 17.1 Å². The molecule has 2 bridgehead atoms. The SMILES string of the molecule is CN1C2CCCC1CC(n1c(=O)cc(Cl)[nH]c1=O)C2. The van der Waals surface area contributed by atoms with Crippen LogP contribution in [0.3, 0.4) is 0 Å². The molecule has 3 rings (SSSR count). The lowest BCUT2D eigenvalue weighted by Gasteiger charge is -2.47. The fourth-order valence-corrected chi connectivity index (χ4v) is 3.79. The predicted octanol–water partition coefficient (Wildman–Crippen LogP) is 1.38. The second kappa shape index (κ2) is 4.80. The minimum absolute atomic E-state index is 0.0000154. The van der Waals surface area contributed by atoms with Gasteiger partial charge < -0.3 is 4.90 Å². The first kappa shape index (κ1) is 12.9. The van der Waals surface area contributed by atoms with E-state index in [1.807, 2.05) is 0 Å². The van der Waals surface area contributed by atoms with E-state index in [1.54, 1.807) is 0 Å². The molecule has 0 radical (unpaired) electrons. The minimum Gasteiger partial charge on any atom is -0.300 e.